The Morgan fingerprint density at radius 1 is 1.38 bits per heavy atom. The van der Waals surface area contributed by atoms with Gasteiger partial charge in [0.15, 0.2) is 0 Å². The van der Waals surface area contributed by atoms with Crippen LogP contribution in [0.25, 0.3) is 0 Å². The first-order valence-electron chi connectivity index (χ1n) is 4.70. The molecule has 0 spiro atoms. The van der Waals surface area contributed by atoms with Gasteiger partial charge in [-0.05, 0) is 12.1 Å². The molecule has 1 aliphatic rings. The average molecular weight is 177 g/mol. The molecule has 0 aromatic heterocycles. The molecule has 0 saturated heterocycles. The number of para-hydroxylation sites is 2. The van der Waals surface area contributed by atoms with Gasteiger partial charge in [0.25, 0.3) is 0 Å². The van der Waals surface area contributed by atoms with Crippen molar-refractivity contribution in [1.29, 1.82) is 0 Å². The molecular weight excluding hydrogens is 162 g/mol. The smallest absolute Gasteiger partial charge is 0.0603 e. The third kappa shape index (κ3) is 1.60. The van der Waals surface area contributed by atoms with Crippen molar-refractivity contribution >= 4 is 11.4 Å². The van der Waals surface area contributed by atoms with Crippen LogP contribution >= 0.6 is 0 Å². The van der Waals surface area contributed by atoms with Crippen molar-refractivity contribution in [1.82, 2.24) is 0 Å². The Labute approximate surface area is 78.5 Å². The molecule has 1 aliphatic heterocycles. The topological polar surface area (TPSA) is 41.3 Å². The Kier molecular flexibility index (Phi) is 2.36. The number of fused-ring (bicyclic) bond motifs is 1. The van der Waals surface area contributed by atoms with Gasteiger partial charge < -0.3 is 16.0 Å². The number of anilines is 2. The molecule has 0 aliphatic carbocycles. The highest BCUT2D eigenvalue weighted by Gasteiger charge is 2.13. The molecule has 3 heteroatoms. The summed E-state index contributed by atoms with van der Waals surface area (Å²) >= 11 is 0. The van der Waals surface area contributed by atoms with E-state index in [4.69, 9.17) is 5.73 Å². The maximum Gasteiger partial charge on any atom is 0.0603 e. The van der Waals surface area contributed by atoms with Gasteiger partial charge in [0.2, 0.25) is 0 Å². The minimum atomic E-state index is 0.717. The van der Waals surface area contributed by atoms with Crippen LogP contribution < -0.4 is 16.0 Å². The summed E-state index contributed by atoms with van der Waals surface area (Å²) in [4.78, 5) is 2.33. The molecule has 1 heterocycles. The fourth-order valence-electron chi connectivity index (χ4n) is 1.73. The zero-order chi connectivity index (χ0) is 9.10. The van der Waals surface area contributed by atoms with Gasteiger partial charge in [-0.2, -0.15) is 0 Å². The first-order valence-corrected chi connectivity index (χ1v) is 4.70. The number of nitrogens with two attached hydrogens (primary N) is 1. The van der Waals surface area contributed by atoms with Crippen molar-refractivity contribution in [3.63, 3.8) is 0 Å². The van der Waals surface area contributed by atoms with Crippen LogP contribution in [0.15, 0.2) is 24.3 Å². The molecule has 3 nitrogen and oxygen atoms in total. The lowest BCUT2D eigenvalue weighted by atomic mass is 10.2. The van der Waals surface area contributed by atoms with Crippen LogP contribution in [0.3, 0.4) is 0 Å². The quantitative estimate of drug-likeness (QED) is 0.704. The molecule has 0 bridgehead atoms. The normalized spacial score (nSPS) is 15.0. The van der Waals surface area contributed by atoms with Gasteiger partial charge in [-0.25, -0.2) is 0 Å². The van der Waals surface area contributed by atoms with E-state index in [0.29, 0.717) is 6.54 Å². The number of hydrogen-bond donors (Lipinski definition) is 2. The lowest BCUT2D eigenvalue weighted by Gasteiger charge is -2.31. The predicted octanol–water partition coefficient (Wildman–Crippen LogP) is 0.877. The molecule has 2 rings (SSSR count). The Bertz CT molecular complexity index is 285. The van der Waals surface area contributed by atoms with Crippen LogP contribution in [0.4, 0.5) is 11.4 Å². The third-order valence-corrected chi connectivity index (χ3v) is 2.34. The first-order chi connectivity index (χ1) is 6.42. The zero-order valence-corrected chi connectivity index (χ0v) is 7.66. The molecule has 0 saturated carbocycles. The predicted molar refractivity (Wildman–Crippen MR) is 56.2 cm³/mol. The lowest BCUT2D eigenvalue weighted by molar-refractivity contribution is 0.780. The summed E-state index contributed by atoms with van der Waals surface area (Å²) in [6.45, 7) is 3.72. The summed E-state index contributed by atoms with van der Waals surface area (Å²) in [6.07, 6.45) is 0. The molecule has 13 heavy (non-hydrogen) atoms. The standard InChI is InChI=1S/C10H15N3/c11-5-7-13-8-6-12-9-3-1-2-4-10(9)13/h1-4,12H,5-8,11H2. The van der Waals surface area contributed by atoms with E-state index in [-0.39, 0.29) is 0 Å². The van der Waals surface area contributed by atoms with Crippen molar-refractivity contribution in [2.75, 3.05) is 36.4 Å². The molecule has 1 aromatic rings. The zero-order valence-electron chi connectivity index (χ0n) is 7.66. The molecule has 3 N–H and O–H groups in total. The SMILES string of the molecule is NCCN1CCNc2ccccc21. The van der Waals surface area contributed by atoms with E-state index in [2.05, 4.69) is 34.5 Å². The number of rotatable bonds is 2. The summed E-state index contributed by atoms with van der Waals surface area (Å²) in [5.41, 5.74) is 8.06. The molecule has 70 valence electrons. The van der Waals surface area contributed by atoms with Crippen LogP contribution in [0.1, 0.15) is 0 Å². The largest absolute Gasteiger partial charge is 0.382 e. The molecule has 0 amide bonds. The van der Waals surface area contributed by atoms with Crippen LogP contribution in [-0.2, 0) is 0 Å². The molecule has 1 aromatic carbocycles. The molecule has 0 radical (unpaired) electrons. The van der Waals surface area contributed by atoms with Gasteiger partial charge in [-0.1, -0.05) is 12.1 Å². The van der Waals surface area contributed by atoms with Gasteiger partial charge in [-0.3, -0.25) is 0 Å². The highest BCUT2D eigenvalue weighted by Crippen LogP contribution is 2.27. The highest BCUT2D eigenvalue weighted by atomic mass is 15.2. The maximum atomic E-state index is 5.55. The highest BCUT2D eigenvalue weighted by molar-refractivity contribution is 5.71. The van der Waals surface area contributed by atoms with E-state index >= 15 is 0 Å². The van der Waals surface area contributed by atoms with E-state index < -0.39 is 0 Å². The van der Waals surface area contributed by atoms with Crippen molar-refractivity contribution in [2.45, 2.75) is 0 Å². The molecule has 0 unspecified atom stereocenters. The second-order valence-corrected chi connectivity index (χ2v) is 3.22. The van der Waals surface area contributed by atoms with Crippen molar-refractivity contribution in [2.24, 2.45) is 5.73 Å². The number of benzene rings is 1. The van der Waals surface area contributed by atoms with Crippen LogP contribution in [0, 0.1) is 0 Å². The van der Waals surface area contributed by atoms with Crippen LogP contribution in [0.5, 0.6) is 0 Å². The number of hydrogen-bond acceptors (Lipinski definition) is 3. The molecular formula is C10H15N3. The van der Waals surface area contributed by atoms with E-state index in [1.165, 1.54) is 11.4 Å². The summed E-state index contributed by atoms with van der Waals surface area (Å²) in [5.74, 6) is 0. The summed E-state index contributed by atoms with van der Waals surface area (Å²) in [7, 11) is 0. The fraction of sp³-hybridized carbons (Fsp3) is 0.400. The minimum absolute atomic E-state index is 0.717. The second-order valence-electron chi connectivity index (χ2n) is 3.22. The first kappa shape index (κ1) is 8.38. The van der Waals surface area contributed by atoms with Crippen molar-refractivity contribution in [3.05, 3.63) is 24.3 Å². The van der Waals surface area contributed by atoms with E-state index in [0.717, 1.165) is 19.6 Å². The Hall–Kier alpha value is -1.22. The Balaban J connectivity index is 2.26. The van der Waals surface area contributed by atoms with E-state index in [1.54, 1.807) is 0 Å². The van der Waals surface area contributed by atoms with Crippen LogP contribution in [0.2, 0.25) is 0 Å². The van der Waals surface area contributed by atoms with E-state index in [1.807, 2.05) is 0 Å². The van der Waals surface area contributed by atoms with E-state index in [9.17, 15) is 0 Å². The Morgan fingerprint density at radius 2 is 2.23 bits per heavy atom. The van der Waals surface area contributed by atoms with Gasteiger partial charge >= 0.3 is 0 Å². The second kappa shape index (κ2) is 3.66. The summed E-state index contributed by atoms with van der Waals surface area (Å²) in [5, 5.41) is 3.37. The number of nitrogens with zero attached hydrogens (tertiary/aromatic N) is 1. The Morgan fingerprint density at radius 3 is 3.08 bits per heavy atom. The lowest BCUT2D eigenvalue weighted by Crippen LogP contribution is -2.37. The van der Waals surface area contributed by atoms with Crippen molar-refractivity contribution in [3.8, 4) is 0 Å². The van der Waals surface area contributed by atoms with Gasteiger partial charge in [0.1, 0.15) is 0 Å². The summed E-state index contributed by atoms with van der Waals surface area (Å²) in [6, 6.07) is 8.36. The maximum absolute atomic E-state index is 5.55. The van der Waals surface area contributed by atoms with Gasteiger partial charge in [0.05, 0.1) is 11.4 Å². The molecule has 0 fully saturated rings. The third-order valence-electron chi connectivity index (χ3n) is 2.34. The minimum Gasteiger partial charge on any atom is -0.382 e. The van der Waals surface area contributed by atoms with Gasteiger partial charge in [0, 0.05) is 26.2 Å². The van der Waals surface area contributed by atoms with Crippen LogP contribution in [-0.4, -0.2) is 26.2 Å². The average Bonchev–Trinajstić information content (AvgIpc) is 2.19. The number of nitrogens with one attached hydrogen (secondary N) is 1. The molecule has 0 atom stereocenters. The van der Waals surface area contributed by atoms with Gasteiger partial charge in [-0.15, -0.1) is 0 Å². The van der Waals surface area contributed by atoms with Crippen molar-refractivity contribution < 1.29 is 0 Å². The monoisotopic (exact) mass is 177 g/mol. The fourth-order valence-corrected chi connectivity index (χ4v) is 1.73. The summed E-state index contributed by atoms with van der Waals surface area (Å²) < 4.78 is 0.